The van der Waals surface area contributed by atoms with Crippen molar-refractivity contribution in [3.63, 3.8) is 0 Å². The number of alkyl halides is 2. The van der Waals surface area contributed by atoms with Crippen molar-refractivity contribution < 1.29 is 13.6 Å². The average molecular weight is 419 g/mol. The molecule has 0 unspecified atom stereocenters. The zero-order valence-electron chi connectivity index (χ0n) is 14.6. The van der Waals surface area contributed by atoms with Gasteiger partial charge < -0.3 is 10.6 Å². The molecule has 1 amide bonds. The van der Waals surface area contributed by atoms with Gasteiger partial charge in [-0.15, -0.1) is 10.2 Å². The van der Waals surface area contributed by atoms with E-state index in [1.165, 1.54) is 23.1 Å². The predicted molar refractivity (Wildman–Crippen MR) is 105 cm³/mol. The van der Waals surface area contributed by atoms with E-state index in [0.717, 1.165) is 12.1 Å². The normalized spacial score (nSPS) is 11.6. The van der Waals surface area contributed by atoms with Gasteiger partial charge in [0.2, 0.25) is 11.0 Å². The van der Waals surface area contributed by atoms with Crippen LogP contribution in [0.2, 0.25) is 0 Å². The topological polar surface area (TPSA) is 66.9 Å². The smallest absolute Gasteiger partial charge is 0.288 e. The molecule has 0 radical (unpaired) electrons. The first-order valence-corrected chi connectivity index (χ1v) is 10.5. The third-order valence-corrected chi connectivity index (χ3v) is 6.12. The third kappa shape index (κ3) is 7.08. The van der Waals surface area contributed by atoms with Crippen molar-refractivity contribution in [2.75, 3.05) is 11.1 Å². The summed E-state index contributed by atoms with van der Waals surface area (Å²) in [6, 6.07) is 6.66. The van der Waals surface area contributed by atoms with Gasteiger partial charge in [0.05, 0.1) is 5.75 Å². The van der Waals surface area contributed by atoms with Crippen LogP contribution in [0.5, 0.6) is 0 Å². The number of hydrogen-bond donors (Lipinski definition) is 2. The lowest BCUT2D eigenvalue weighted by Crippen LogP contribution is -2.43. The van der Waals surface area contributed by atoms with Crippen LogP contribution in [0.4, 0.5) is 19.6 Å². The fourth-order valence-corrected chi connectivity index (χ4v) is 3.86. The molecule has 2 aromatic rings. The summed E-state index contributed by atoms with van der Waals surface area (Å²) in [5, 5.41) is 14.7. The van der Waals surface area contributed by atoms with Crippen molar-refractivity contribution >= 4 is 51.6 Å². The number of halogens is 2. The zero-order valence-corrected chi connectivity index (χ0v) is 17.0. The first kappa shape index (κ1) is 20.9. The lowest BCUT2D eigenvalue weighted by Gasteiger charge is -2.24. The van der Waals surface area contributed by atoms with Gasteiger partial charge in [-0.25, -0.2) is 0 Å². The molecule has 2 N–H and O–H groups in total. The highest BCUT2D eigenvalue weighted by Gasteiger charge is 2.18. The predicted octanol–water partition coefficient (Wildman–Crippen LogP) is 4.99. The Bertz CT molecular complexity index is 723. The highest BCUT2D eigenvalue weighted by Crippen LogP contribution is 2.30. The van der Waals surface area contributed by atoms with E-state index in [0.29, 0.717) is 26.1 Å². The number of nitrogens with zero attached hydrogens (tertiary/aromatic N) is 2. The van der Waals surface area contributed by atoms with E-state index in [9.17, 15) is 13.6 Å². The van der Waals surface area contributed by atoms with E-state index in [1.807, 2.05) is 20.8 Å². The van der Waals surface area contributed by atoms with E-state index in [4.69, 9.17) is 0 Å². The Morgan fingerprint density at radius 3 is 2.58 bits per heavy atom. The molecule has 1 aromatic carbocycles. The van der Waals surface area contributed by atoms with Crippen LogP contribution in [0, 0.1) is 0 Å². The number of anilines is 2. The first-order chi connectivity index (χ1) is 12.3. The van der Waals surface area contributed by atoms with Crippen LogP contribution in [0.3, 0.4) is 0 Å². The fourth-order valence-electron chi connectivity index (χ4n) is 1.79. The van der Waals surface area contributed by atoms with Crippen LogP contribution in [-0.4, -0.2) is 33.2 Å². The minimum absolute atomic E-state index is 0.0429. The van der Waals surface area contributed by atoms with Gasteiger partial charge in [-0.1, -0.05) is 41.8 Å². The van der Waals surface area contributed by atoms with E-state index < -0.39 is 5.76 Å². The molecule has 0 aliphatic carbocycles. The SMILES string of the molecule is CCC(C)(C)NC(=O)CSc1nnc(Nc2ccc(SC(F)F)cc2)s1. The quantitative estimate of drug-likeness (QED) is 0.559. The maximum Gasteiger partial charge on any atom is 0.288 e. The molecule has 1 aromatic heterocycles. The van der Waals surface area contributed by atoms with Crippen molar-refractivity contribution in [1.29, 1.82) is 0 Å². The monoisotopic (exact) mass is 418 g/mol. The Morgan fingerprint density at radius 2 is 1.96 bits per heavy atom. The van der Waals surface area contributed by atoms with Gasteiger partial charge in [-0.05, 0) is 44.5 Å². The molecular weight excluding hydrogens is 398 g/mol. The molecule has 5 nitrogen and oxygen atoms in total. The molecule has 0 atom stereocenters. The highest BCUT2D eigenvalue weighted by atomic mass is 32.2. The van der Waals surface area contributed by atoms with Gasteiger partial charge in [-0.2, -0.15) is 8.78 Å². The molecule has 2 rings (SSSR count). The second-order valence-electron chi connectivity index (χ2n) is 5.98. The number of thioether (sulfide) groups is 2. The standard InChI is InChI=1S/C16H20F2N4OS3/c1-4-16(2,3)20-12(23)9-24-15-22-21-14(26-15)19-10-5-7-11(8-6-10)25-13(17)18/h5-8,13H,4,9H2,1-3H3,(H,19,21)(H,20,23). The summed E-state index contributed by atoms with van der Waals surface area (Å²) in [5.41, 5.74) is 0.513. The first-order valence-electron chi connectivity index (χ1n) is 7.86. The molecule has 1 heterocycles. The number of carbonyl (C=O) groups is 1. The van der Waals surface area contributed by atoms with E-state index in [2.05, 4.69) is 20.8 Å². The van der Waals surface area contributed by atoms with Crippen LogP contribution in [-0.2, 0) is 4.79 Å². The van der Waals surface area contributed by atoms with Crippen molar-refractivity contribution in [3.05, 3.63) is 24.3 Å². The lowest BCUT2D eigenvalue weighted by molar-refractivity contribution is -0.120. The molecule has 0 aliphatic rings. The minimum Gasteiger partial charge on any atom is -0.351 e. The molecule has 0 fully saturated rings. The Hall–Kier alpha value is -1.39. The Kier molecular flexibility index (Phi) is 7.66. The van der Waals surface area contributed by atoms with Crippen LogP contribution in [0.1, 0.15) is 27.2 Å². The highest BCUT2D eigenvalue weighted by molar-refractivity contribution is 8.01. The zero-order chi connectivity index (χ0) is 19.2. The molecule has 0 aliphatic heterocycles. The van der Waals surface area contributed by atoms with Crippen molar-refractivity contribution in [1.82, 2.24) is 15.5 Å². The van der Waals surface area contributed by atoms with E-state index >= 15 is 0 Å². The second-order valence-corrected chi connectivity index (χ2v) is 9.24. The number of hydrogen-bond acceptors (Lipinski definition) is 7. The van der Waals surface area contributed by atoms with Gasteiger partial charge in [0, 0.05) is 16.1 Å². The Morgan fingerprint density at radius 1 is 1.27 bits per heavy atom. The number of benzene rings is 1. The summed E-state index contributed by atoms with van der Waals surface area (Å²) >= 11 is 3.16. The van der Waals surface area contributed by atoms with Gasteiger partial charge in [-0.3, -0.25) is 4.79 Å². The number of aromatic nitrogens is 2. The van der Waals surface area contributed by atoms with E-state index in [-0.39, 0.29) is 17.2 Å². The summed E-state index contributed by atoms with van der Waals surface area (Å²) in [7, 11) is 0. The molecule has 0 saturated heterocycles. The van der Waals surface area contributed by atoms with Crippen LogP contribution >= 0.6 is 34.9 Å². The van der Waals surface area contributed by atoms with Crippen molar-refractivity contribution in [2.45, 2.75) is 47.7 Å². The number of carbonyl (C=O) groups excluding carboxylic acids is 1. The second kappa shape index (κ2) is 9.52. The molecule has 0 spiro atoms. The van der Waals surface area contributed by atoms with E-state index in [1.54, 1.807) is 24.3 Å². The summed E-state index contributed by atoms with van der Waals surface area (Å²) < 4.78 is 25.3. The summed E-state index contributed by atoms with van der Waals surface area (Å²) in [6.07, 6.45) is 0.852. The van der Waals surface area contributed by atoms with Gasteiger partial charge in [0.15, 0.2) is 4.34 Å². The molecular formula is C16H20F2N4OS3. The minimum atomic E-state index is -2.43. The third-order valence-electron chi connectivity index (χ3n) is 3.43. The van der Waals surface area contributed by atoms with Gasteiger partial charge in [0.1, 0.15) is 0 Å². The molecule has 10 heteroatoms. The molecule has 0 bridgehead atoms. The number of nitrogens with one attached hydrogen (secondary N) is 2. The van der Waals surface area contributed by atoms with Crippen LogP contribution in [0.15, 0.2) is 33.5 Å². The Balaban J connectivity index is 1.85. The maximum absolute atomic E-state index is 12.3. The summed E-state index contributed by atoms with van der Waals surface area (Å²) in [5.74, 6) is -2.20. The number of rotatable bonds is 9. The summed E-state index contributed by atoms with van der Waals surface area (Å²) in [4.78, 5) is 12.5. The van der Waals surface area contributed by atoms with Crippen molar-refractivity contribution in [2.24, 2.45) is 0 Å². The van der Waals surface area contributed by atoms with Crippen LogP contribution in [0.25, 0.3) is 0 Å². The number of amides is 1. The van der Waals surface area contributed by atoms with Gasteiger partial charge in [0.25, 0.3) is 5.76 Å². The average Bonchev–Trinajstić information content (AvgIpc) is 3.01. The molecule has 26 heavy (non-hydrogen) atoms. The largest absolute Gasteiger partial charge is 0.351 e. The lowest BCUT2D eigenvalue weighted by atomic mass is 10.0. The van der Waals surface area contributed by atoms with Crippen molar-refractivity contribution in [3.8, 4) is 0 Å². The molecule has 0 saturated carbocycles. The fraction of sp³-hybridized carbons (Fsp3) is 0.438. The maximum atomic E-state index is 12.3. The molecule has 142 valence electrons. The van der Waals surface area contributed by atoms with Gasteiger partial charge >= 0.3 is 0 Å². The Labute approximate surface area is 163 Å². The van der Waals surface area contributed by atoms with Crippen LogP contribution < -0.4 is 10.6 Å². The summed E-state index contributed by atoms with van der Waals surface area (Å²) in [6.45, 7) is 5.98.